The molecule has 2 aromatic rings. The molecule has 1 aromatic heterocycles. The Labute approximate surface area is 168 Å². The third-order valence-corrected chi connectivity index (χ3v) is 6.12. The highest BCUT2D eigenvalue weighted by atomic mass is 32.2. The monoisotopic (exact) mass is 403 g/mol. The van der Waals surface area contributed by atoms with Gasteiger partial charge in [-0.3, -0.25) is 4.79 Å². The fraction of sp³-hybridized carbons (Fsp3) is 0.579. The molecule has 2 heterocycles. The molecule has 0 N–H and O–H groups in total. The fourth-order valence-electron chi connectivity index (χ4n) is 3.72. The van der Waals surface area contributed by atoms with Crippen LogP contribution in [0.3, 0.4) is 0 Å². The fourth-order valence-corrected chi connectivity index (χ4v) is 4.56. The van der Waals surface area contributed by atoms with Gasteiger partial charge in [-0.2, -0.15) is 0 Å². The Morgan fingerprint density at radius 1 is 1.29 bits per heavy atom. The normalized spacial score (nSPS) is 16.3. The summed E-state index contributed by atoms with van der Waals surface area (Å²) in [7, 11) is 0. The predicted octanol–water partition coefficient (Wildman–Crippen LogP) is 2.70. The molecule has 0 radical (unpaired) electrons. The maximum atomic E-state index is 12.8. The Morgan fingerprint density at radius 3 is 2.93 bits per heavy atom. The third kappa shape index (κ3) is 4.09. The molecule has 8 nitrogen and oxygen atoms in total. The number of carbonyl (C=O) groups is 1. The second-order valence-corrected chi connectivity index (χ2v) is 7.92. The average Bonchev–Trinajstić information content (AvgIpc) is 3.41. The van der Waals surface area contributed by atoms with Crippen LogP contribution in [-0.4, -0.2) is 56.5 Å². The number of hydrogen-bond donors (Lipinski definition) is 0. The van der Waals surface area contributed by atoms with Gasteiger partial charge in [-0.25, -0.2) is 4.68 Å². The van der Waals surface area contributed by atoms with E-state index in [-0.39, 0.29) is 5.91 Å². The van der Waals surface area contributed by atoms with E-state index in [1.807, 2.05) is 34.7 Å². The Morgan fingerprint density at radius 2 is 2.11 bits per heavy atom. The van der Waals surface area contributed by atoms with Gasteiger partial charge in [-0.05, 0) is 36.3 Å². The molecule has 1 aliphatic carbocycles. The topological polar surface area (TPSA) is 82.4 Å². The Hall–Kier alpha value is -2.29. The number of amides is 1. The summed E-state index contributed by atoms with van der Waals surface area (Å²) in [4.78, 5) is 14.7. The van der Waals surface area contributed by atoms with Crippen LogP contribution in [-0.2, 0) is 11.3 Å². The van der Waals surface area contributed by atoms with Crippen molar-refractivity contribution >= 4 is 17.7 Å². The van der Waals surface area contributed by atoms with Crippen LogP contribution in [0.2, 0.25) is 0 Å². The van der Waals surface area contributed by atoms with Crippen molar-refractivity contribution in [2.24, 2.45) is 0 Å². The molecule has 150 valence electrons. The van der Waals surface area contributed by atoms with E-state index < -0.39 is 0 Å². The molecule has 4 rings (SSSR count). The lowest BCUT2D eigenvalue weighted by Crippen LogP contribution is -2.32. The van der Waals surface area contributed by atoms with Crippen molar-refractivity contribution in [3.63, 3.8) is 0 Å². The molecule has 1 fully saturated rings. The van der Waals surface area contributed by atoms with E-state index in [9.17, 15) is 4.79 Å². The first-order valence-corrected chi connectivity index (χ1v) is 10.8. The number of fused-ring (bicyclic) bond motifs is 1. The summed E-state index contributed by atoms with van der Waals surface area (Å²) in [5.74, 6) is 1.87. The Bertz CT molecular complexity index is 822. The molecule has 1 aromatic carbocycles. The van der Waals surface area contributed by atoms with E-state index in [1.165, 1.54) is 24.6 Å². The summed E-state index contributed by atoms with van der Waals surface area (Å²) < 4.78 is 13.3. The second kappa shape index (κ2) is 8.81. The van der Waals surface area contributed by atoms with Crippen molar-refractivity contribution in [1.29, 1.82) is 0 Å². The average molecular weight is 404 g/mol. The summed E-state index contributed by atoms with van der Waals surface area (Å²) in [6.07, 6.45) is 4.64. The lowest BCUT2D eigenvalue weighted by molar-refractivity contribution is -0.128. The molecule has 0 atom stereocenters. The lowest BCUT2D eigenvalue weighted by atomic mass is 10.1. The van der Waals surface area contributed by atoms with Gasteiger partial charge < -0.3 is 14.4 Å². The predicted molar refractivity (Wildman–Crippen MR) is 105 cm³/mol. The first-order valence-electron chi connectivity index (χ1n) is 9.82. The maximum Gasteiger partial charge on any atom is 0.233 e. The standard InChI is InChI=1S/C19H25N5O3S/c1-2-23(12-14-6-5-9-16-18(14)27-11-10-26-16)17(25)13-28-19-20-21-22-24(19)15-7-3-4-8-15/h5-6,9,15H,2-4,7-8,10-13H2,1H3. The van der Waals surface area contributed by atoms with Crippen LogP contribution in [0.1, 0.15) is 44.2 Å². The number of nitrogens with zero attached hydrogens (tertiary/aromatic N) is 5. The zero-order valence-corrected chi connectivity index (χ0v) is 16.9. The van der Waals surface area contributed by atoms with Crippen LogP contribution in [0, 0.1) is 0 Å². The number of aromatic nitrogens is 4. The SMILES string of the molecule is CCN(Cc1cccc2c1OCCO2)C(=O)CSc1nnnn1C1CCCC1. The number of carbonyl (C=O) groups excluding carboxylic acids is 1. The summed E-state index contributed by atoms with van der Waals surface area (Å²) in [5, 5.41) is 12.8. The van der Waals surface area contributed by atoms with E-state index in [0.29, 0.717) is 38.1 Å². The smallest absolute Gasteiger partial charge is 0.233 e. The van der Waals surface area contributed by atoms with Gasteiger partial charge in [0.1, 0.15) is 13.2 Å². The van der Waals surface area contributed by atoms with E-state index in [1.54, 1.807) is 0 Å². The quantitative estimate of drug-likeness (QED) is 0.657. The maximum absolute atomic E-state index is 12.8. The van der Waals surface area contributed by atoms with E-state index in [0.717, 1.165) is 35.1 Å². The minimum Gasteiger partial charge on any atom is -0.486 e. The van der Waals surface area contributed by atoms with Gasteiger partial charge in [0.2, 0.25) is 11.1 Å². The van der Waals surface area contributed by atoms with Crippen LogP contribution in [0.15, 0.2) is 23.4 Å². The highest BCUT2D eigenvalue weighted by molar-refractivity contribution is 7.99. The van der Waals surface area contributed by atoms with Crippen molar-refractivity contribution in [2.45, 2.75) is 50.4 Å². The molecule has 1 aliphatic heterocycles. The number of thioether (sulfide) groups is 1. The number of rotatable bonds is 7. The minimum atomic E-state index is 0.0582. The van der Waals surface area contributed by atoms with Crippen LogP contribution < -0.4 is 9.47 Å². The summed E-state index contributed by atoms with van der Waals surface area (Å²) in [6.45, 7) is 4.19. The van der Waals surface area contributed by atoms with Crippen molar-refractivity contribution < 1.29 is 14.3 Å². The van der Waals surface area contributed by atoms with Crippen LogP contribution >= 0.6 is 11.8 Å². The van der Waals surface area contributed by atoms with E-state index in [2.05, 4.69) is 15.5 Å². The lowest BCUT2D eigenvalue weighted by Gasteiger charge is -2.25. The zero-order valence-electron chi connectivity index (χ0n) is 16.0. The van der Waals surface area contributed by atoms with Crippen LogP contribution in [0.25, 0.3) is 0 Å². The zero-order chi connectivity index (χ0) is 19.3. The van der Waals surface area contributed by atoms with E-state index >= 15 is 0 Å². The van der Waals surface area contributed by atoms with Gasteiger partial charge in [0.15, 0.2) is 11.5 Å². The molecule has 9 heteroatoms. The number of hydrogen-bond acceptors (Lipinski definition) is 7. The first-order chi connectivity index (χ1) is 13.8. The summed E-state index contributed by atoms with van der Waals surface area (Å²) in [5.41, 5.74) is 0.966. The highest BCUT2D eigenvalue weighted by Gasteiger charge is 2.23. The number of benzene rings is 1. The van der Waals surface area contributed by atoms with Crippen molar-refractivity contribution in [3.8, 4) is 11.5 Å². The number of ether oxygens (including phenoxy) is 2. The molecule has 28 heavy (non-hydrogen) atoms. The van der Waals surface area contributed by atoms with Gasteiger partial charge in [-0.1, -0.05) is 36.7 Å². The number of para-hydroxylation sites is 1. The van der Waals surface area contributed by atoms with Crippen LogP contribution in [0.5, 0.6) is 11.5 Å². The van der Waals surface area contributed by atoms with Gasteiger partial charge >= 0.3 is 0 Å². The highest BCUT2D eigenvalue weighted by Crippen LogP contribution is 2.34. The Kier molecular flexibility index (Phi) is 5.99. The largest absolute Gasteiger partial charge is 0.486 e. The molecule has 0 bridgehead atoms. The molecule has 1 saturated carbocycles. The second-order valence-electron chi connectivity index (χ2n) is 6.98. The minimum absolute atomic E-state index is 0.0582. The molecular weight excluding hydrogens is 378 g/mol. The Balaban J connectivity index is 1.39. The number of tetrazole rings is 1. The third-order valence-electron chi connectivity index (χ3n) is 5.20. The molecule has 0 unspecified atom stereocenters. The first kappa shape index (κ1) is 19.0. The van der Waals surface area contributed by atoms with Gasteiger partial charge in [0.05, 0.1) is 11.8 Å². The molecular formula is C19H25N5O3S. The van der Waals surface area contributed by atoms with Crippen molar-refractivity contribution in [2.75, 3.05) is 25.5 Å². The van der Waals surface area contributed by atoms with Gasteiger partial charge in [0, 0.05) is 18.7 Å². The van der Waals surface area contributed by atoms with Crippen molar-refractivity contribution in [3.05, 3.63) is 23.8 Å². The summed E-state index contributed by atoms with van der Waals surface area (Å²) in [6, 6.07) is 6.18. The molecule has 2 aliphatic rings. The van der Waals surface area contributed by atoms with Crippen molar-refractivity contribution in [1.82, 2.24) is 25.1 Å². The molecule has 0 saturated heterocycles. The van der Waals surface area contributed by atoms with E-state index in [4.69, 9.17) is 9.47 Å². The van der Waals surface area contributed by atoms with Gasteiger partial charge in [0.25, 0.3) is 0 Å². The van der Waals surface area contributed by atoms with Gasteiger partial charge in [-0.15, -0.1) is 5.10 Å². The summed E-state index contributed by atoms with van der Waals surface area (Å²) >= 11 is 1.41. The van der Waals surface area contributed by atoms with Crippen LogP contribution in [0.4, 0.5) is 0 Å². The molecule has 1 amide bonds. The molecule has 0 spiro atoms.